The van der Waals surface area contributed by atoms with Crippen LogP contribution >= 0.6 is 0 Å². The van der Waals surface area contributed by atoms with Gasteiger partial charge in [-0.2, -0.15) is 0 Å². The maximum absolute atomic E-state index is 11.8. The lowest BCUT2D eigenvalue weighted by atomic mass is 9.91. The summed E-state index contributed by atoms with van der Waals surface area (Å²) in [7, 11) is -3.15. The molecule has 1 saturated carbocycles. The molecule has 0 aromatic carbocycles. The third-order valence-corrected chi connectivity index (χ3v) is 5.12. The molecular weight excluding hydrogens is 266 g/mol. The van der Waals surface area contributed by atoms with Crippen LogP contribution in [0.15, 0.2) is 0 Å². The molecule has 1 rings (SSSR count). The van der Waals surface area contributed by atoms with Gasteiger partial charge in [0.05, 0.1) is 5.75 Å². The van der Waals surface area contributed by atoms with E-state index in [0.717, 1.165) is 32.1 Å². The Bertz CT molecular complexity index is 361. The van der Waals surface area contributed by atoms with Crippen molar-refractivity contribution in [2.45, 2.75) is 57.8 Å². The number of nitrogens with one attached hydrogen (secondary N) is 1. The Morgan fingerprint density at radius 1 is 1.11 bits per heavy atom. The van der Waals surface area contributed by atoms with E-state index in [9.17, 15) is 13.2 Å². The Kier molecular flexibility index (Phi) is 7.38. The third kappa shape index (κ3) is 8.21. The molecule has 0 aliphatic heterocycles. The number of hydrogen-bond donors (Lipinski definition) is 2. The molecule has 0 atom stereocenters. The van der Waals surface area contributed by atoms with Crippen LogP contribution in [0.3, 0.4) is 0 Å². The fraction of sp³-hybridized carbons (Fsp3) is 0.923. The molecule has 5 nitrogen and oxygen atoms in total. The van der Waals surface area contributed by atoms with Crippen LogP contribution in [-0.2, 0) is 14.8 Å². The Morgan fingerprint density at radius 2 is 1.79 bits per heavy atom. The minimum absolute atomic E-state index is 0.162. The first-order valence-electron chi connectivity index (χ1n) is 7.19. The smallest absolute Gasteiger partial charge is 0.303 e. The quantitative estimate of drug-likeness (QED) is 0.637. The molecule has 0 saturated heterocycles. The van der Waals surface area contributed by atoms with Crippen LogP contribution in [0.4, 0.5) is 0 Å². The van der Waals surface area contributed by atoms with Gasteiger partial charge in [-0.1, -0.05) is 25.7 Å². The lowest BCUT2D eigenvalue weighted by Crippen LogP contribution is -2.31. The van der Waals surface area contributed by atoms with Crippen molar-refractivity contribution in [3.05, 3.63) is 0 Å². The van der Waals surface area contributed by atoms with E-state index >= 15 is 0 Å². The highest BCUT2D eigenvalue weighted by atomic mass is 32.2. The Hall–Kier alpha value is -0.620. The highest BCUT2D eigenvalue weighted by Crippen LogP contribution is 2.24. The van der Waals surface area contributed by atoms with Crippen molar-refractivity contribution in [3.63, 3.8) is 0 Å². The van der Waals surface area contributed by atoms with Gasteiger partial charge >= 0.3 is 5.97 Å². The molecule has 0 radical (unpaired) electrons. The van der Waals surface area contributed by atoms with Crippen molar-refractivity contribution in [1.82, 2.24) is 4.72 Å². The first kappa shape index (κ1) is 16.4. The molecule has 0 aromatic heterocycles. The van der Waals surface area contributed by atoms with E-state index in [1.165, 1.54) is 6.42 Å². The zero-order valence-electron chi connectivity index (χ0n) is 11.4. The van der Waals surface area contributed by atoms with E-state index in [1.54, 1.807) is 0 Å². The second-order valence-electron chi connectivity index (χ2n) is 5.38. The molecule has 0 amide bonds. The molecule has 6 heteroatoms. The summed E-state index contributed by atoms with van der Waals surface area (Å²) < 4.78 is 26.3. The second-order valence-corrected chi connectivity index (χ2v) is 7.24. The molecule has 19 heavy (non-hydrogen) atoms. The summed E-state index contributed by atoms with van der Waals surface area (Å²) in [6.45, 7) is 0.425. The van der Waals surface area contributed by atoms with Gasteiger partial charge in [0.25, 0.3) is 0 Å². The number of unbranched alkanes of at least 4 members (excludes halogenated alkanes) is 2. The zero-order chi connectivity index (χ0) is 14.1. The molecule has 2 N–H and O–H groups in total. The molecule has 0 aromatic rings. The fourth-order valence-corrected chi connectivity index (χ4v) is 4.06. The van der Waals surface area contributed by atoms with Gasteiger partial charge in [-0.15, -0.1) is 0 Å². The molecule has 1 aliphatic rings. The maximum Gasteiger partial charge on any atom is 0.303 e. The van der Waals surface area contributed by atoms with E-state index in [1.807, 2.05) is 0 Å². The predicted octanol–water partition coefficient (Wildman–Crippen LogP) is 2.13. The largest absolute Gasteiger partial charge is 0.481 e. The van der Waals surface area contributed by atoms with Crippen molar-refractivity contribution in [2.24, 2.45) is 5.92 Å². The molecule has 0 unspecified atom stereocenters. The molecule has 0 bridgehead atoms. The zero-order valence-corrected chi connectivity index (χ0v) is 12.3. The summed E-state index contributed by atoms with van der Waals surface area (Å²) in [5.41, 5.74) is 0. The van der Waals surface area contributed by atoms with E-state index in [0.29, 0.717) is 25.3 Å². The van der Waals surface area contributed by atoms with Crippen LogP contribution < -0.4 is 4.72 Å². The number of carboxylic acids is 1. The van der Waals surface area contributed by atoms with Gasteiger partial charge in [0.1, 0.15) is 0 Å². The lowest BCUT2D eigenvalue weighted by molar-refractivity contribution is -0.137. The normalized spacial score (nSPS) is 17.5. The van der Waals surface area contributed by atoms with Crippen LogP contribution in [-0.4, -0.2) is 31.8 Å². The fourth-order valence-electron chi connectivity index (χ4n) is 2.53. The summed E-state index contributed by atoms with van der Waals surface area (Å²) in [6, 6.07) is 0. The van der Waals surface area contributed by atoms with Gasteiger partial charge in [0, 0.05) is 13.0 Å². The van der Waals surface area contributed by atoms with Gasteiger partial charge < -0.3 is 5.11 Å². The van der Waals surface area contributed by atoms with Gasteiger partial charge in [-0.3, -0.25) is 4.79 Å². The van der Waals surface area contributed by atoms with Crippen molar-refractivity contribution in [1.29, 1.82) is 0 Å². The summed E-state index contributed by atoms with van der Waals surface area (Å²) in [5.74, 6) is -0.224. The van der Waals surface area contributed by atoms with Crippen LogP contribution in [0.25, 0.3) is 0 Å². The third-order valence-electron chi connectivity index (χ3n) is 3.57. The topological polar surface area (TPSA) is 83.5 Å². The maximum atomic E-state index is 11.8. The van der Waals surface area contributed by atoms with Crippen LogP contribution in [0, 0.1) is 5.92 Å². The summed E-state index contributed by atoms with van der Waals surface area (Å²) >= 11 is 0. The van der Waals surface area contributed by atoms with E-state index in [2.05, 4.69) is 4.72 Å². The van der Waals surface area contributed by atoms with Gasteiger partial charge in [0.15, 0.2) is 0 Å². The number of carboxylic acid groups (broad SMARTS) is 1. The molecule has 0 heterocycles. The Labute approximate surface area is 115 Å². The molecular formula is C13H25NO4S. The summed E-state index contributed by atoms with van der Waals surface area (Å²) in [5, 5.41) is 8.47. The number of carbonyl (C=O) groups is 1. The van der Waals surface area contributed by atoms with Crippen molar-refractivity contribution >= 4 is 16.0 Å². The first-order chi connectivity index (χ1) is 8.99. The average Bonchev–Trinajstić information content (AvgIpc) is 2.34. The lowest BCUT2D eigenvalue weighted by Gasteiger charge is -2.21. The SMILES string of the molecule is O=C(O)CCCCCNS(=O)(=O)CC1CCCCC1. The summed E-state index contributed by atoms with van der Waals surface area (Å²) in [4.78, 5) is 10.3. The first-order valence-corrected chi connectivity index (χ1v) is 8.84. The summed E-state index contributed by atoms with van der Waals surface area (Å²) in [6.07, 6.45) is 7.81. The van der Waals surface area contributed by atoms with Crippen LogP contribution in [0.1, 0.15) is 57.8 Å². The highest BCUT2D eigenvalue weighted by molar-refractivity contribution is 7.89. The monoisotopic (exact) mass is 291 g/mol. The van der Waals surface area contributed by atoms with Crippen molar-refractivity contribution in [3.8, 4) is 0 Å². The number of sulfonamides is 1. The number of hydrogen-bond acceptors (Lipinski definition) is 3. The van der Waals surface area contributed by atoms with Crippen LogP contribution in [0.2, 0.25) is 0 Å². The Morgan fingerprint density at radius 3 is 2.42 bits per heavy atom. The highest BCUT2D eigenvalue weighted by Gasteiger charge is 2.20. The van der Waals surface area contributed by atoms with Gasteiger partial charge in [-0.05, 0) is 31.6 Å². The van der Waals surface area contributed by atoms with Gasteiger partial charge in [-0.25, -0.2) is 13.1 Å². The molecule has 1 fully saturated rings. The standard InChI is InChI=1S/C13H25NO4S/c15-13(16)9-5-2-6-10-14-19(17,18)11-12-7-3-1-4-8-12/h12,14H,1-11H2,(H,15,16). The average molecular weight is 291 g/mol. The predicted molar refractivity (Wildman–Crippen MR) is 74.5 cm³/mol. The molecule has 1 aliphatic carbocycles. The van der Waals surface area contributed by atoms with E-state index in [-0.39, 0.29) is 12.2 Å². The van der Waals surface area contributed by atoms with E-state index < -0.39 is 16.0 Å². The molecule has 112 valence electrons. The molecule has 0 spiro atoms. The van der Waals surface area contributed by atoms with Crippen LogP contribution in [0.5, 0.6) is 0 Å². The van der Waals surface area contributed by atoms with Crippen molar-refractivity contribution in [2.75, 3.05) is 12.3 Å². The van der Waals surface area contributed by atoms with E-state index in [4.69, 9.17) is 5.11 Å². The number of aliphatic carboxylic acids is 1. The Balaban J connectivity index is 2.10. The minimum Gasteiger partial charge on any atom is -0.481 e. The van der Waals surface area contributed by atoms with Gasteiger partial charge in [0.2, 0.25) is 10.0 Å². The second kappa shape index (κ2) is 8.53. The number of rotatable bonds is 9. The van der Waals surface area contributed by atoms with Crippen molar-refractivity contribution < 1.29 is 18.3 Å². The minimum atomic E-state index is -3.15.